The quantitative estimate of drug-likeness (QED) is 0.175. The molecule has 0 bridgehead atoms. The molecule has 1 saturated carbocycles. The Balaban J connectivity index is 1.20. The van der Waals surface area contributed by atoms with Crippen LogP contribution in [0.15, 0.2) is 53.5 Å². The number of carbonyl (C=O) groups is 1. The Hall–Kier alpha value is -3.95. The van der Waals surface area contributed by atoms with Crippen LogP contribution in [0.3, 0.4) is 0 Å². The van der Waals surface area contributed by atoms with Crippen LogP contribution < -0.4 is 20.5 Å². The summed E-state index contributed by atoms with van der Waals surface area (Å²) in [6.07, 6.45) is 5.63. The fraction of sp³-hybridized carbons (Fsp3) is 0.412. The van der Waals surface area contributed by atoms with Crippen LogP contribution in [0.4, 0.5) is 17.3 Å². The Morgan fingerprint density at radius 1 is 1.05 bits per heavy atom. The molecule has 4 aromatic rings. The van der Waals surface area contributed by atoms with Gasteiger partial charge in [0, 0.05) is 68.0 Å². The zero-order chi connectivity index (χ0) is 30.8. The van der Waals surface area contributed by atoms with Crippen molar-refractivity contribution in [1.29, 1.82) is 0 Å². The number of anilines is 3. The first kappa shape index (κ1) is 30.1. The van der Waals surface area contributed by atoms with E-state index in [1.54, 1.807) is 24.8 Å². The lowest BCUT2D eigenvalue weighted by Crippen LogP contribution is -2.46. The van der Waals surface area contributed by atoms with Crippen molar-refractivity contribution in [2.45, 2.75) is 58.0 Å². The second-order valence-electron chi connectivity index (χ2n) is 11.8. The number of aryl methyl sites for hydroxylation is 1. The van der Waals surface area contributed by atoms with Gasteiger partial charge in [-0.1, -0.05) is 37.1 Å². The van der Waals surface area contributed by atoms with Crippen molar-refractivity contribution < 1.29 is 9.53 Å². The highest BCUT2D eigenvalue weighted by molar-refractivity contribution is 6.17. The van der Waals surface area contributed by atoms with E-state index < -0.39 is 0 Å². The molecule has 1 N–H and O–H groups in total. The van der Waals surface area contributed by atoms with Gasteiger partial charge in [-0.25, -0.2) is 4.98 Å². The smallest absolute Gasteiger partial charge is 0.263 e. The van der Waals surface area contributed by atoms with Gasteiger partial charge in [0.25, 0.3) is 5.56 Å². The Morgan fingerprint density at radius 2 is 1.75 bits per heavy atom. The van der Waals surface area contributed by atoms with Gasteiger partial charge in [0.15, 0.2) is 5.78 Å². The maximum Gasteiger partial charge on any atom is 0.263 e. The fourth-order valence-electron chi connectivity index (χ4n) is 6.59. The lowest BCUT2D eigenvalue weighted by molar-refractivity contribution is 0.101. The first-order valence-electron chi connectivity index (χ1n) is 15.3. The number of carbonyl (C=O) groups excluding carboxylic acids is 1. The SMILES string of the molecule is COc1cc(Nc2ncc3c(C)c(C(C)=O)c(=O)n(C4CCCC4)c3n2)ccc1N1CCN(Cc2ccc(CCl)cc2)CC1. The number of ether oxygens (including phenoxy) is 1. The van der Waals surface area contributed by atoms with E-state index >= 15 is 0 Å². The summed E-state index contributed by atoms with van der Waals surface area (Å²) in [5.74, 6) is 1.47. The number of hydrogen-bond acceptors (Lipinski definition) is 8. The number of pyridine rings is 1. The van der Waals surface area contributed by atoms with Gasteiger partial charge in [0.1, 0.15) is 11.4 Å². The third-order valence-electron chi connectivity index (χ3n) is 8.98. The first-order valence-corrected chi connectivity index (χ1v) is 15.9. The van der Waals surface area contributed by atoms with Crippen LogP contribution in [0.1, 0.15) is 65.7 Å². The lowest BCUT2D eigenvalue weighted by Gasteiger charge is -2.36. The van der Waals surface area contributed by atoms with Gasteiger partial charge in [-0.05, 0) is 55.5 Å². The maximum atomic E-state index is 13.5. The molecule has 1 saturated heterocycles. The molecule has 2 aromatic carbocycles. The average Bonchev–Trinajstić information content (AvgIpc) is 3.56. The minimum Gasteiger partial charge on any atom is -0.495 e. The fourth-order valence-corrected chi connectivity index (χ4v) is 6.77. The number of halogens is 1. The van der Waals surface area contributed by atoms with Crippen LogP contribution in [0.2, 0.25) is 0 Å². The Bertz CT molecular complexity index is 1720. The third-order valence-corrected chi connectivity index (χ3v) is 9.29. The van der Waals surface area contributed by atoms with Crippen molar-refractivity contribution in [2.75, 3.05) is 43.5 Å². The molecule has 0 unspecified atom stereocenters. The minimum absolute atomic E-state index is 0.0303. The van der Waals surface area contributed by atoms with Crippen molar-refractivity contribution in [2.24, 2.45) is 0 Å². The number of alkyl halides is 1. The molecular weight excluding hydrogens is 576 g/mol. The molecule has 2 aromatic heterocycles. The van der Waals surface area contributed by atoms with Crippen molar-refractivity contribution in [3.05, 3.63) is 81.3 Å². The highest BCUT2D eigenvalue weighted by atomic mass is 35.5. The summed E-state index contributed by atoms with van der Waals surface area (Å²) in [4.78, 5) is 40.2. The van der Waals surface area contributed by atoms with E-state index in [9.17, 15) is 9.59 Å². The molecule has 230 valence electrons. The zero-order valence-corrected chi connectivity index (χ0v) is 26.4. The summed E-state index contributed by atoms with van der Waals surface area (Å²) < 4.78 is 7.55. The normalized spacial score (nSPS) is 16.0. The number of hydrogen-bond donors (Lipinski definition) is 1. The molecule has 6 rings (SSSR count). The minimum atomic E-state index is -0.255. The van der Waals surface area contributed by atoms with Crippen LogP contribution in [0.25, 0.3) is 11.0 Å². The molecule has 1 aliphatic heterocycles. The van der Waals surface area contributed by atoms with E-state index in [4.69, 9.17) is 21.3 Å². The molecular formula is C34H39ClN6O3. The Kier molecular flexibility index (Phi) is 8.86. The van der Waals surface area contributed by atoms with Crippen molar-refractivity contribution in [3.63, 3.8) is 0 Å². The van der Waals surface area contributed by atoms with Gasteiger partial charge < -0.3 is 15.0 Å². The summed E-state index contributed by atoms with van der Waals surface area (Å²) in [5.41, 5.74) is 5.45. The van der Waals surface area contributed by atoms with E-state index in [1.165, 1.54) is 12.5 Å². The number of benzene rings is 2. The van der Waals surface area contributed by atoms with Gasteiger partial charge in [-0.3, -0.25) is 19.1 Å². The predicted molar refractivity (Wildman–Crippen MR) is 176 cm³/mol. The number of ketones is 1. The van der Waals surface area contributed by atoms with Crippen LogP contribution >= 0.6 is 11.6 Å². The Morgan fingerprint density at radius 3 is 2.41 bits per heavy atom. The monoisotopic (exact) mass is 614 g/mol. The van der Waals surface area contributed by atoms with Crippen LogP contribution in [0.5, 0.6) is 5.75 Å². The summed E-state index contributed by atoms with van der Waals surface area (Å²) in [6, 6.07) is 14.6. The molecule has 9 nitrogen and oxygen atoms in total. The molecule has 3 heterocycles. The van der Waals surface area contributed by atoms with Crippen molar-refractivity contribution >= 4 is 45.7 Å². The number of piperazine rings is 1. The standard InChI is InChI=1S/C34H39ClN6O3/c1-22-28-20-36-34(38-32(28)41(27-6-4-5-7-27)33(43)31(22)23(2)42)37-26-12-13-29(30(18-26)44-3)40-16-14-39(15-17-40)21-25-10-8-24(19-35)9-11-25/h8-13,18,20,27H,4-7,14-17,19,21H2,1-3H3,(H,36,37,38). The second kappa shape index (κ2) is 13.0. The predicted octanol–water partition coefficient (Wildman–Crippen LogP) is 6.23. The van der Waals surface area contributed by atoms with Crippen molar-refractivity contribution in [1.82, 2.24) is 19.4 Å². The molecule has 44 heavy (non-hydrogen) atoms. The molecule has 10 heteroatoms. The zero-order valence-electron chi connectivity index (χ0n) is 25.6. The van der Waals surface area contributed by atoms with Crippen molar-refractivity contribution in [3.8, 4) is 5.75 Å². The number of nitrogens with zero attached hydrogens (tertiary/aromatic N) is 5. The number of nitrogens with one attached hydrogen (secondary N) is 1. The topological polar surface area (TPSA) is 92.6 Å². The van der Waals surface area contributed by atoms with Gasteiger partial charge in [-0.15, -0.1) is 11.6 Å². The first-order chi connectivity index (χ1) is 21.4. The van der Waals surface area contributed by atoms with E-state index in [0.717, 1.165) is 86.5 Å². The summed E-state index contributed by atoms with van der Waals surface area (Å²) in [5, 5.41) is 4.05. The summed E-state index contributed by atoms with van der Waals surface area (Å²) >= 11 is 5.94. The average molecular weight is 615 g/mol. The van der Waals surface area contributed by atoms with E-state index in [0.29, 0.717) is 23.0 Å². The van der Waals surface area contributed by atoms with Gasteiger partial charge in [-0.2, -0.15) is 4.98 Å². The summed E-state index contributed by atoms with van der Waals surface area (Å²) in [7, 11) is 1.69. The molecule has 2 aliphatic rings. The summed E-state index contributed by atoms with van der Waals surface area (Å²) in [6.45, 7) is 7.89. The molecule has 2 fully saturated rings. The van der Waals surface area contributed by atoms with Crippen LogP contribution in [0, 0.1) is 6.92 Å². The largest absolute Gasteiger partial charge is 0.495 e. The number of aromatic nitrogens is 3. The number of fused-ring (bicyclic) bond motifs is 1. The number of methoxy groups -OCH3 is 1. The van der Waals surface area contributed by atoms with Crippen LogP contribution in [-0.4, -0.2) is 58.5 Å². The van der Waals surface area contributed by atoms with Crippen LogP contribution in [-0.2, 0) is 12.4 Å². The second-order valence-corrected chi connectivity index (χ2v) is 12.1. The molecule has 0 radical (unpaired) electrons. The number of rotatable bonds is 9. The van der Waals surface area contributed by atoms with Gasteiger partial charge >= 0.3 is 0 Å². The maximum absolute atomic E-state index is 13.5. The lowest BCUT2D eigenvalue weighted by atomic mass is 10.0. The number of Topliss-reactive ketones (excluding diaryl/α,β-unsaturated/α-hetero) is 1. The highest BCUT2D eigenvalue weighted by Crippen LogP contribution is 2.34. The third kappa shape index (κ3) is 6.03. The molecule has 0 spiro atoms. The molecule has 1 aliphatic carbocycles. The Labute approximate surface area is 262 Å². The van der Waals surface area contributed by atoms with E-state index in [2.05, 4.69) is 50.4 Å². The molecule has 0 atom stereocenters. The van der Waals surface area contributed by atoms with E-state index in [-0.39, 0.29) is 22.9 Å². The van der Waals surface area contributed by atoms with E-state index in [1.807, 2.05) is 12.1 Å². The van der Waals surface area contributed by atoms with Gasteiger partial charge in [0.05, 0.1) is 18.4 Å². The molecule has 0 amide bonds. The highest BCUT2D eigenvalue weighted by Gasteiger charge is 2.26. The van der Waals surface area contributed by atoms with Gasteiger partial charge in [0.2, 0.25) is 5.95 Å².